The average molecular weight is 479 g/mol. The summed E-state index contributed by atoms with van der Waals surface area (Å²) >= 11 is 0. The highest BCUT2D eigenvalue weighted by Gasteiger charge is 2.28. The Hall–Kier alpha value is -2.31. The van der Waals surface area contributed by atoms with Crippen LogP contribution in [0.15, 0.2) is 40.1 Å². The monoisotopic (exact) mass is 478 g/mol. The van der Waals surface area contributed by atoms with E-state index >= 15 is 0 Å². The van der Waals surface area contributed by atoms with Crippen LogP contribution >= 0.6 is 0 Å². The summed E-state index contributed by atoms with van der Waals surface area (Å²) in [4.78, 5) is -1.31. The standard InChI is InChI=1S/C19H21F3N2O5S2/c1-29-16-8-6-13(31(27,28)24-10-4-2-3-5-11-24)12-15(16)23-30(25,26)17-9-7-14(20)18(21)19(17)22/h6-9,12,23H,2-5,10-11H2,1H3. The molecule has 7 nitrogen and oxygen atoms in total. The lowest BCUT2D eigenvalue weighted by Crippen LogP contribution is -2.32. The third-order valence-electron chi connectivity index (χ3n) is 4.91. The lowest BCUT2D eigenvalue weighted by atomic mass is 10.2. The van der Waals surface area contributed by atoms with Gasteiger partial charge in [-0.15, -0.1) is 0 Å². The number of anilines is 1. The number of nitrogens with zero attached hydrogens (tertiary/aromatic N) is 1. The fourth-order valence-corrected chi connectivity index (χ4v) is 5.95. The Morgan fingerprint density at radius 1 is 0.903 bits per heavy atom. The number of methoxy groups -OCH3 is 1. The Bertz CT molecular complexity index is 1180. The van der Waals surface area contributed by atoms with Crippen molar-refractivity contribution < 1.29 is 34.7 Å². The summed E-state index contributed by atoms with van der Waals surface area (Å²) in [5.41, 5.74) is -0.289. The van der Waals surface area contributed by atoms with Gasteiger partial charge in [0.05, 0.1) is 17.7 Å². The number of sulfonamides is 2. The highest BCUT2D eigenvalue weighted by Crippen LogP contribution is 2.32. The topological polar surface area (TPSA) is 92.8 Å². The predicted molar refractivity (Wildman–Crippen MR) is 107 cm³/mol. The maximum atomic E-state index is 14.0. The molecule has 12 heteroatoms. The summed E-state index contributed by atoms with van der Waals surface area (Å²) in [6.07, 6.45) is 3.26. The van der Waals surface area contributed by atoms with Gasteiger partial charge in [0.15, 0.2) is 17.5 Å². The predicted octanol–water partition coefficient (Wildman–Crippen LogP) is 3.48. The molecular formula is C19H21F3N2O5S2. The first-order chi connectivity index (χ1) is 14.6. The lowest BCUT2D eigenvalue weighted by Gasteiger charge is -2.21. The van der Waals surface area contributed by atoms with E-state index in [0.717, 1.165) is 18.9 Å². The van der Waals surface area contributed by atoms with Gasteiger partial charge in [-0.25, -0.2) is 30.0 Å². The number of ether oxygens (including phenoxy) is 1. The van der Waals surface area contributed by atoms with Crippen LogP contribution in [-0.4, -0.2) is 41.3 Å². The van der Waals surface area contributed by atoms with Crippen LogP contribution in [0.3, 0.4) is 0 Å². The van der Waals surface area contributed by atoms with E-state index in [1.165, 1.54) is 23.5 Å². The number of nitrogens with one attached hydrogen (secondary N) is 1. The molecular weight excluding hydrogens is 457 g/mol. The first-order valence-corrected chi connectivity index (χ1v) is 12.3. The van der Waals surface area contributed by atoms with Crippen molar-refractivity contribution in [2.24, 2.45) is 0 Å². The highest BCUT2D eigenvalue weighted by atomic mass is 32.2. The van der Waals surface area contributed by atoms with Gasteiger partial charge in [-0.3, -0.25) is 4.72 Å². The van der Waals surface area contributed by atoms with E-state index in [9.17, 15) is 30.0 Å². The Labute approximate surface area is 178 Å². The zero-order valence-electron chi connectivity index (χ0n) is 16.6. The second kappa shape index (κ2) is 9.05. The van der Waals surface area contributed by atoms with Crippen molar-refractivity contribution in [3.8, 4) is 5.75 Å². The molecule has 1 fully saturated rings. The van der Waals surface area contributed by atoms with Gasteiger partial charge in [-0.1, -0.05) is 12.8 Å². The Balaban J connectivity index is 2.01. The normalized spacial score (nSPS) is 16.0. The van der Waals surface area contributed by atoms with Gasteiger partial charge in [-0.2, -0.15) is 4.31 Å². The first-order valence-electron chi connectivity index (χ1n) is 9.42. The summed E-state index contributed by atoms with van der Waals surface area (Å²) in [6, 6.07) is 4.62. The summed E-state index contributed by atoms with van der Waals surface area (Å²) in [6.45, 7) is 0.685. The van der Waals surface area contributed by atoms with Crippen molar-refractivity contribution >= 4 is 25.7 Å². The van der Waals surface area contributed by atoms with E-state index in [0.29, 0.717) is 38.1 Å². The molecule has 3 rings (SSSR count). The van der Waals surface area contributed by atoms with Crippen molar-refractivity contribution in [3.63, 3.8) is 0 Å². The van der Waals surface area contributed by atoms with E-state index in [1.807, 2.05) is 4.72 Å². The van der Waals surface area contributed by atoms with Gasteiger partial charge in [0.2, 0.25) is 10.0 Å². The van der Waals surface area contributed by atoms with Crippen LogP contribution < -0.4 is 9.46 Å². The lowest BCUT2D eigenvalue weighted by molar-refractivity contribution is 0.415. The third-order valence-corrected chi connectivity index (χ3v) is 8.18. The second-order valence-electron chi connectivity index (χ2n) is 6.96. The number of hydrogen-bond acceptors (Lipinski definition) is 5. The largest absolute Gasteiger partial charge is 0.495 e. The molecule has 1 heterocycles. The van der Waals surface area contributed by atoms with Crippen LogP contribution in [0, 0.1) is 17.5 Å². The van der Waals surface area contributed by atoms with Crippen molar-refractivity contribution in [2.75, 3.05) is 24.9 Å². The quantitative estimate of drug-likeness (QED) is 0.642. The summed E-state index contributed by atoms with van der Waals surface area (Å²) in [5.74, 6) is -5.41. The van der Waals surface area contributed by atoms with E-state index < -0.39 is 42.4 Å². The smallest absolute Gasteiger partial charge is 0.265 e. The summed E-state index contributed by atoms with van der Waals surface area (Å²) < 4.78 is 100. The molecule has 0 amide bonds. The summed E-state index contributed by atoms with van der Waals surface area (Å²) in [5, 5.41) is 0. The minimum absolute atomic E-state index is 0.0404. The van der Waals surface area contributed by atoms with Crippen molar-refractivity contribution in [2.45, 2.75) is 35.5 Å². The van der Waals surface area contributed by atoms with E-state index in [1.54, 1.807) is 0 Å². The van der Waals surface area contributed by atoms with E-state index in [4.69, 9.17) is 4.74 Å². The zero-order valence-corrected chi connectivity index (χ0v) is 18.2. The van der Waals surface area contributed by atoms with Gasteiger partial charge in [0.25, 0.3) is 10.0 Å². The van der Waals surface area contributed by atoms with Gasteiger partial charge in [-0.05, 0) is 43.2 Å². The van der Waals surface area contributed by atoms with Crippen LogP contribution in [0.4, 0.5) is 18.9 Å². The molecule has 0 atom stereocenters. The van der Waals surface area contributed by atoms with Crippen LogP contribution in [0.5, 0.6) is 5.75 Å². The van der Waals surface area contributed by atoms with Gasteiger partial charge in [0.1, 0.15) is 10.6 Å². The molecule has 0 spiro atoms. The molecule has 2 aromatic rings. The number of benzene rings is 2. The SMILES string of the molecule is COc1ccc(S(=O)(=O)N2CCCCCC2)cc1NS(=O)(=O)c1ccc(F)c(F)c1F. The van der Waals surface area contributed by atoms with Crippen molar-refractivity contribution in [3.05, 3.63) is 47.8 Å². The van der Waals surface area contributed by atoms with Crippen LogP contribution in [0.2, 0.25) is 0 Å². The molecule has 31 heavy (non-hydrogen) atoms. The average Bonchev–Trinajstić information content (AvgIpc) is 3.01. The fourth-order valence-electron chi connectivity index (χ4n) is 3.27. The molecule has 1 aliphatic heterocycles. The van der Waals surface area contributed by atoms with Crippen molar-refractivity contribution in [1.29, 1.82) is 0 Å². The molecule has 170 valence electrons. The van der Waals surface area contributed by atoms with Crippen LogP contribution in [0.1, 0.15) is 25.7 Å². The second-order valence-corrected chi connectivity index (χ2v) is 10.5. The van der Waals surface area contributed by atoms with Crippen LogP contribution in [-0.2, 0) is 20.0 Å². The molecule has 0 unspecified atom stereocenters. The van der Waals surface area contributed by atoms with Crippen LogP contribution in [0.25, 0.3) is 0 Å². The Morgan fingerprint density at radius 2 is 1.55 bits per heavy atom. The Morgan fingerprint density at radius 3 is 2.16 bits per heavy atom. The number of hydrogen-bond donors (Lipinski definition) is 1. The molecule has 0 aliphatic carbocycles. The number of halogens is 3. The number of rotatable bonds is 6. The molecule has 0 saturated carbocycles. The minimum Gasteiger partial charge on any atom is -0.495 e. The minimum atomic E-state index is -4.73. The maximum Gasteiger partial charge on any atom is 0.265 e. The fraction of sp³-hybridized carbons (Fsp3) is 0.368. The maximum absolute atomic E-state index is 14.0. The molecule has 2 aromatic carbocycles. The molecule has 0 radical (unpaired) electrons. The Kier molecular flexibility index (Phi) is 6.82. The third kappa shape index (κ3) is 4.80. The molecule has 1 N–H and O–H groups in total. The van der Waals surface area contributed by atoms with Gasteiger partial charge >= 0.3 is 0 Å². The zero-order chi connectivity index (χ0) is 22.8. The highest BCUT2D eigenvalue weighted by molar-refractivity contribution is 7.92. The van der Waals surface area contributed by atoms with Crippen molar-refractivity contribution in [1.82, 2.24) is 4.31 Å². The molecule has 0 aromatic heterocycles. The first kappa shape index (κ1) is 23.4. The van der Waals surface area contributed by atoms with E-state index in [2.05, 4.69) is 0 Å². The molecule has 1 saturated heterocycles. The molecule has 1 aliphatic rings. The summed E-state index contributed by atoms with van der Waals surface area (Å²) in [7, 11) is -7.41. The molecule has 0 bridgehead atoms. The van der Waals surface area contributed by atoms with Gasteiger partial charge < -0.3 is 4.74 Å². The van der Waals surface area contributed by atoms with Gasteiger partial charge in [0, 0.05) is 13.1 Å². The van der Waals surface area contributed by atoms with E-state index in [-0.39, 0.29) is 16.3 Å².